The molecule has 2 N–H and O–H groups in total. The first kappa shape index (κ1) is 20.4. The molecule has 0 aliphatic rings. The lowest BCUT2D eigenvalue weighted by atomic mass is 10.1. The zero-order valence-electron chi connectivity index (χ0n) is 16.0. The van der Waals surface area contributed by atoms with Crippen LogP contribution in [-0.2, 0) is 13.1 Å². The van der Waals surface area contributed by atoms with Gasteiger partial charge in [0.25, 0.3) is 0 Å². The molecule has 0 aromatic heterocycles. The van der Waals surface area contributed by atoms with Crippen molar-refractivity contribution in [1.29, 1.82) is 0 Å². The smallest absolute Gasteiger partial charge is 0.133 e. The number of nitrogens with two attached hydrogens (primary N) is 1. The minimum Gasteiger partial charge on any atom is -0.496 e. The average Bonchev–Trinajstić information content (AvgIpc) is 2.69. The Kier molecular flexibility index (Phi) is 7.48. The van der Waals surface area contributed by atoms with Gasteiger partial charge in [-0.05, 0) is 63.5 Å². The monoisotopic (exact) mass is 440 g/mol. The summed E-state index contributed by atoms with van der Waals surface area (Å²) in [6.07, 6.45) is 0. The van der Waals surface area contributed by atoms with Crippen LogP contribution in [0.15, 0.2) is 77.3 Å². The van der Waals surface area contributed by atoms with Crippen molar-refractivity contribution in [2.24, 2.45) is 5.73 Å². The minimum absolute atomic E-state index is 0.609. The summed E-state index contributed by atoms with van der Waals surface area (Å²) < 4.78 is 12.2. The van der Waals surface area contributed by atoms with Crippen LogP contribution in [0.1, 0.15) is 11.1 Å². The maximum absolute atomic E-state index is 5.96. The van der Waals surface area contributed by atoms with Crippen molar-refractivity contribution in [3.8, 4) is 17.2 Å². The molecule has 0 amide bonds. The molecule has 0 fully saturated rings. The number of methoxy groups -OCH3 is 1. The Balaban J connectivity index is 1.70. The summed E-state index contributed by atoms with van der Waals surface area (Å²) >= 11 is 3.56. The molecule has 5 heteroatoms. The molecule has 0 aliphatic carbocycles. The van der Waals surface area contributed by atoms with Crippen LogP contribution < -0.4 is 15.2 Å². The maximum atomic E-state index is 5.96. The SMILES string of the molecule is COc1ccc(CN(CCN)Cc2cccc(Oc3ccccc3)c2)cc1Br. The lowest BCUT2D eigenvalue weighted by molar-refractivity contribution is 0.264. The van der Waals surface area contributed by atoms with E-state index in [9.17, 15) is 0 Å². The van der Waals surface area contributed by atoms with Gasteiger partial charge in [0.15, 0.2) is 0 Å². The molecule has 3 aromatic rings. The Morgan fingerprint density at radius 3 is 2.25 bits per heavy atom. The summed E-state index contributed by atoms with van der Waals surface area (Å²) in [4.78, 5) is 2.33. The van der Waals surface area contributed by atoms with Gasteiger partial charge in [0, 0.05) is 26.2 Å². The molecule has 0 saturated carbocycles. The number of rotatable bonds is 9. The number of hydrogen-bond acceptors (Lipinski definition) is 4. The van der Waals surface area contributed by atoms with Crippen molar-refractivity contribution >= 4 is 15.9 Å². The van der Waals surface area contributed by atoms with E-state index in [4.69, 9.17) is 15.2 Å². The van der Waals surface area contributed by atoms with Crippen LogP contribution in [0.2, 0.25) is 0 Å². The van der Waals surface area contributed by atoms with Crippen molar-refractivity contribution in [1.82, 2.24) is 4.90 Å². The number of hydrogen-bond donors (Lipinski definition) is 1. The van der Waals surface area contributed by atoms with Crippen molar-refractivity contribution in [2.45, 2.75) is 13.1 Å². The third-order valence-corrected chi connectivity index (χ3v) is 4.97. The average molecular weight is 441 g/mol. The molecule has 3 rings (SSSR count). The zero-order chi connectivity index (χ0) is 19.8. The fraction of sp³-hybridized carbons (Fsp3) is 0.217. The molecule has 0 radical (unpaired) electrons. The van der Waals surface area contributed by atoms with E-state index in [0.717, 1.165) is 41.4 Å². The Hall–Kier alpha value is -2.34. The summed E-state index contributed by atoms with van der Waals surface area (Å²) in [7, 11) is 1.67. The Morgan fingerprint density at radius 2 is 1.57 bits per heavy atom. The molecule has 0 spiro atoms. The van der Waals surface area contributed by atoms with Crippen molar-refractivity contribution in [3.63, 3.8) is 0 Å². The predicted molar refractivity (Wildman–Crippen MR) is 117 cm³/mol. The van der Waals surface area contributed by atoms with E-state index in [1.807, 2.05) is 48.5 Å². The van der Waals surface area contributed by atoms with Gasteiger partial charge in [-0.1, -0.05) is 36.4 Å². The molecule has 3 aromatic carbocycles. The van der Waals surface area contributed by atoms with Crippen LogP contribution in [-0.4, -0.2) is 25.1 Å². The van der Waals surface area contributed by atoms with Gasteiger partial charge in [0.1, 0.15) is 17.2 Å². The highest BCUT2D eigenvalue weighted by molar-refractivity contribution is 9.10. The van der Waals surface area contributed by atoms with Crippen LogP contribution in [0.5, 0.6) is 17.2 Å². The van der Waals surface area contributed by atoms with Gasteiger partial charge in [-0.25, -0.2) is 0 Å². The Bertz CT molecular complexity index is 887. The van der Waals surface area contributed by atoms with Gasteiger partial charge in [-0.3, -0.25) is 4.90 Å². The third kappa shape index (κ3) is 5.83. The van der Waals surface area contributed by atoms with Gasteiger partial charge >= 0.3 is 0 Å². The normalized spacial score (nSPS) is 10.9. The van der Waals surface area contributed by atoms with Crippen LogP contribution in [0.25, 0.3) is 0 Å². The van der Waals surface area contributed by atoms with Gasteiger partial charge in [-0.2, -0.15) is 0 Å². The fourth-order valence-electron chi connectivity index (χ4n) is 3.05. The van der Waals surface area contributed by atoms with Gasteiger partial charge in [-0.15, -0.1) is 0 Å². The van der Waals surface area contributed by atoms with Gasteiger partial charge in [0.2, 0.25) is 0 Å². The topological polar surface area (TPSA) is 47.7 Å². The highest BCUT2D eigenvalue weighted by atomic mass is 79.9. The summed E-state index contributed by atoms with van der Waals surface area (Å²) in [5.74, 6) is 2.50. The summed E-state index contributed by atoms with van der Waals surface area (Å²) in [6.45, 7) is 3.03. The molecule has 0 aliphatic heterocycles. The molecule has 0 heterocycles. The van der Waals surface area contributed by atoms with Crippen LogP contribution in [0, 0.1) is 0 Å². The van der Waals surface area contributed by atoms with Crippen LogP contribution in [0.3, 0.4) is 0 Å². The van der Waals surface area contributed by atoms with E-state index in [-0.39, 0.29) is 0 Å². The second kappa shape index (κ2) is 10.3. The number of halogens is 1. The van der Waals surface area contributed by atoms with Gasteiger partial charge < -0.3 is 15.2 Å². The predicted octanol–water partition coefficient (Wildman–Crippen LogP) is 5.21. The Labute approximate surface area is 175 Å². The maximum Gasteiger partial charge on any atom is 0.133 e. The second-order valence-electron chi connectivity index (χ2n) is 6.53. The number of para-hydroxylation sites is 1. The summed E-state index contributed by atoms with van der Waals surface area (Å²) in [5.41, 5.74) is 8.24. The highest BCUT2D eigenvalue weighted by Crippen LogP contribution is 2.27. The third-order valence-electron chi connectivity index (χ3n) is 4.35. The molecule has 4 nitrogen and oxygen atoms in total. The molecule has 0 bridgehead atoms. The molecule has 146 valence electrons. The first-order chi connectivity index (χ1) is 13.7. The van der Waals surface area contributed by atoms with E-state index >= 15 is 0 Å². The van der Waals surface area contributed by atoms with E-state index < -0.39 is 0 Å². The summed E-state index contributed by atoms with van der Waals surface area (Å²) in [6, 6.07) is 24.2. The van der Waals surface area contributed by atoms with Crippen molar-refractivity contribution in [3.05, 3.63) is 88.4 Å². The number of ether oxygens (including phenoxy) is 2. The molecule has 0 unspecified atom stereocenters. The van der Waals surface area contributed by atoms with E-state index in [1.54, 1.807) is 7.11 Å². The lowest BCUT2D eigenvalue weighted by Crippen LogP contribution is -2.28. The highest BCUT2D eigenvalue weighted by Gasteiger charge is 2.09. The lowest BCUT2D eigenvalue weighted by Gasteiger charge is -2.22. The Morgan fingerprint density at radius 1 is 0.857 bits per heavy atom. The molecule has 0 saturated heterocycles. The first-order valence-electron chi connectivity index (χ1n) is 9.24. The van der Waals surface area contributed by atoms with Gasteiger partial charge in [0.05, 0.1) is 11.6 Å². The van der Waals surface area contributed by atoms with Crippen molar-refractivity contribution < 1.29 is 9.47 Å². The molecule has 28 heavy (non-hydrogen) atoms. The second-order valence-corrected chi connectivity index (χ2v) is 7.39. The van der Waals surface area contributed by atoms with E-state index in [0.29, 0.717) is 6.54 Å². The minimum atomic E-state index is 0.609. The largest absolute Gasteiger partial charge is 0.496 e. The standard InChI is InChI=1S/C23H25BrN2O2/c1-27-23-11-10-19(15-22(23)24)17-26(13-12-25)16-18-6-5-9-21(14-18)28-20-7-3-2-4-8-20/h2-11,14-15H,12-13,16-17,25H2,1H3. The quantitative estimate of drug-likeness (QED) is 0.495. The first-order valence-corrected chi connectivity index (χ1v) is 10.0. The molecule has 0 atom stereocenters. The van der Waals surface area contributed by atoms with E-state index in [1.165, 1.54) is 11.1 Å². The molecular weight excluding hydrogens is 416 g/mol. The van der Waals surface area contributed by atoms with Crippen LogP contribution >= 0.6 is 15.9 Å². The zero-order valence-corrected chi connectivity index (χ0v) is 17.6. The van der Waals surface area contributed by atoms with Crippen molar-refractivity contribution in [2.75, 3.05) is 20.2 Å². The van der Waals surface area contributed by atoms with E-state index in [2.05, 4.69) is 45.1 Å². The van der Waals surface area contributed by atoms with Crippen LogP contribution in [0.4, 0.5) is 0 Å². The summed E-state index contributed by atoms with van der Waals surface area (Å²) in [5, 5.41) is 0. The number of benzene rings is 3. The fourth-order valence-corrected chi connectivity index (χ4v) is 3.64. The molecular formula is C23H25BrN2O2. The number of nitrogens with zero attached hydrogens (tertiary/aromatic N) is 1.